The third-order valence-electron chi connectivity index (χ3n) is 4.84. The van der Waals surface area contributed by atoms with Crippen LogP contribution in [-0.2, 0) is 10.0 Å². The molecule has 1 aliphatic rings. The van der Waals surface area contributed by atoms with Crippen LogP contribution in [0.4, 0.5) is 5.69 Å². The summed E-state index contributed by atoms with van der Waals surface area (Å²) in [7, 11) is -3.44. The molecule has 28 heavy (non-hydrogen) atoms. The van der Waals surface area contributed by atoms with Gasteiger partial charge in [-0.3, -0.25) is 4.72 Å². The maximum absolute atomic E-state index is 12.3. The number of sulfonamides is 1. The molecule has 3 aromatic rings. The lowest BCUT2D eigenvalue weighted by Crippen LogP contribution is -2.31. The van der Waals surface area contributed by atoms with Crippen molar-refractivity contribution >= 4 is 26.7 Å². The third kappa shape index (κ3) is 3.62. The molecule has 0 atom stereocenters. The molecule has 3 aromatic heterocycles. The van der Waals surface area contributed by atoms with Crippen LogP contribution in [0.1, 0.15) is 25.5 Å². The van der Waals surface area contributed by atoms with Gasteiger partial charge in [-0.1, -0.05) is 0 Å². The Hall–Kier alpha value is -2.81. The molecule has 148 valence electrons. The van der Waals surface area contributed by atoms with Crippen LogP contribution in [0.3, 0.4) is 0 Å². The molecule has 0 radical (unpaired) electrons. The van der Waals surface area contributed by atoms with Gasteiger partial charge in [0.2, 0.25) is 15.9 Å². The second kappa shape index (κ2) is 6.97. The highest BCUT2D eigenvalue weighted by Gasteiger charge is 2.24. The summed E-state index contributed by atoms with van der Waals surface area (Å²) in [6, 6.07) is 5.28. The molecule has 8 nitrogen and oxygen atoms in total. The van der Waals surface area contributed by atoms with E-state index in [1.54, 1.807) is 32.2 Å². The predicted octanol–water partition coefficient (Wildman–Crippen LogP) is 2.72. The average molecular weight is 402 g/mol. The normalized spacial score (nSPS) is 14.4. The maximum atomic E-state index is 12.3. The molecular weight excluding hydrogens is 380 g/mol. The predicted molar refractivity (Wildman–Crippen MR) is 107 cm³/mol. The summed E-state index contributed by atoms with van der Waals surface area (Å²) in [5.41, 5.74) is 2.71. The summed E-state index contributed by atoms with van der Waals surface area (Å²) in [5, 5.41) is 13.0. The van der Waals surface area contributed by atoms with Crippen LogP contribution in [0.15, 0.2) is 30.6 Å². The summed E-state index contributed by atoms with van der Waals surface area (Å²) >= 11 is 0. The van der Waals surface area contributed by atoms with E-state index in [9.17, 15) is 13.6 Å². The van der Waals surface area contributed by atoms with Gasteiger partial charge in [0.05, 0.1) is 35.8 Å². The Kier molecular flexibility index (Phi) is 4.62. The van der Waals surface area contributed by atoms with Crippen LogP contribution >= 0.6 is 0 Å². The molecule has 3 heterocycles. The van der Waals surface area contributed by atoms with Crippen LogP contribution in [-0.4, -0.2) is 30.7 Å². The molecule has 0 bridgehead atoms. The molecule has 0 aliphatic heterocycles. The van der Waals surface area contributed by atoms with Gasteiger partial charge >= 0.3 is 0 Å². The highest BCUT2D eigenvalue weighted by atomic mass is 32.2. The van der Waals surface area contributed by atoms with Crippen LogP contribution in [0.5, 0.6) is 5.88 Å². The van der Waals surface area contributed by atoms with Gasteiger partial charge in [-0.25, -0.2) is 23.1 Å². The maximum Gasteiger partial charge on any atom is 0.290 e. The lowest BCUT2D eigenvalue weighted by molar-refractivity contribution is -0.586. The first-order valence-corrected chi connectivity index (χ1v) is 10.9. The number of pyridine rings is 2. The van der Waals surface area contributed by atoms with Gasteiger partial charge in [-0.15, -0.1) is 0 Å². The lowest BCUT2D eigenvalue weighted by atomic mass is 10.0. The molecule has 4 rings (SSSR count). The van der Waals surface area contributed by atoms with E-state index in [-0.39, 0.29) is 5.75 Å². The molecule has 0 unspecified atom stereocenters. The van der Waals surface area contributed by atoms with Crippen molar-refractivity contribution < 1.29 is 17.9 Å². The second-order valence-corrected chi connectivity index (χ2v) is 9.08. The van der Waals surface area contributed by atoms with Gasteiger partial charge in [0.25, 0.3) is 5.65 Å². The number of nitrogens with one attached hydrogen (secondary N) is 2. The average Bonchev–Trinajstić information content (AvgIpc) is 3.37. The quantitative estimate of drug-likeness (QED) is 0.466. The van der Waals surface area contributed by atoms with Crippen molar-refractivity contribution in [2.75, 3.05) is 17.1 Å². The highest BCUT2D eigenvalue weighted by Crippen LogP contribution is 2.37. The van der Waals surface area contributed by atoms with Crippen molar-refractivity contribution in [1.82, 2.24) is 9.97 Å². The first-order valence-electron chi connectivity index (χ1n) is 9.22. The first kappa shape index (κ1) is 18.5. The van der Waals surface area contributed by atoms with Crippen LogP contribution in [0, 0.1) is 18.0 Å². The van der Waals surface area contributed by atoms with Crippen LogP contribution < -0.4 is 14.2 Å². The Morgan fingerprint density at radius 3 is 2.86 bits per heavy atom. The van der Waals surface area contributed by atoms with E-state index in [1.165, 1.54) is 6.20 Å². The molecular formula is C19H22N4O4S. The van der Waals surface area contributed by atoms with E-state index in [0.29, 0.717) is 46.4 Å². The van der Waals surface area contributed by atoms with Crippen molar-refractivity contribution in [2.45, 2.75) is 26.7 Å². The van der Waals surface area contributed by atoms with Gasteiger partial charge in [0.15, 0.2) is 0 Å². The third-order valence-corrected chi connectivity index (χ3v) is 6.15. The van der Waals surface area contributed by atoms with E-state index in [0.717, 1.165) is 23.1 Å². The zero-order valence-electron chi connectivity index (χ0n) is 15.7. The molecule has 1 saturated carbocycles. The summed E-state index contributed by atoms with van der Waals surface area (Å²) < 4.78 is 33.3. The number of aromatic nitrogens is 3. The Morgan fingerprint density at radius 1 is 1.36 bits per heavy atom. The Bertz CT molecular complexity index is 1140. The zero-order valence-corrected chi connectivity index (χ0v) is 16.5. The summed E-state index contributed by atoms with van der Waals surface area (Å²) in [5.74, 6) is 0.934. The smallest absolute Gasteiger partial charge is 0.290 e. The van der Waals surface area contributed by atoms with E-state index < -0.39 is 10.0 Å². The Morgan fingerprint density at radius 2 is 2.14 bits per heavy atom. The van der Waals surface area contributed by atoms with Gasteiger partial charge in [0.1, 0.15) is 5.69 Å². The molecule has 2 N–H and O–H groups in total. The topological polar surface area (TPSA) is 111 Å². The zero-order chi connectivity index (χ0) is 19.9. The van der Waals surface area contributed by atoms with Gasteiger partial charge < -0.3 is 9.94 Å². The minimum atomic E-state index is -3.44. The number of aromatic amines is 1. The van der Waals surface area contributed by atoms with Gasteiger partial charge in [-0.2, -0.15) is 0 Å². The molecule has 1 aliphatic carbocycles. The molecule has 0 saturated heterocycles. The number of fused-ring (bicyclic) bond motifs is 1. The van der Waals surface area contributed by atoms with Crippen molar-refractivity contribution in [3.63, 3.8) is 0 Å². The fourth-order valence-corrected chi connectivity index (χ4v) is 3.65. The van der Waals surface area contributed by atoms with Crippen molar-refractivity contribution in [2.24, 2.45) is 5.92 Å². The molecule has 0 spiro atoms. The minimum absolute atomic E-state index is 0.0368. The Labute approximate surface area is 163 Å². The first-order chi connectivity index (χ1) is 13.4. The number of rotatable bonds is 7. The number of aryl methyl sites for hydroxylation is 1. The summed E-state index contributed by atoms with van der Waals surface area (Å²) in [4.78, 5) is 7.33. The monoisotopic (exact) mass is 402 g/mol. The Balaban J connectivity index is 1.84. The van der Waals surface area contributed by atoms with Crippen molar-refractivity contribution in [3.05, 3.63) is 41.5 Å². The second-order valence-electron chi connectivity index (χ2n) is 7.07. The van der Waals surface area contributed by atoms with Crippen LogP contribution in [0.25, 0.3) is 22.2 Å². The van der Waals surface area contributed by atoms with Crippen molar-refractivity contribution in [3.8, 4) is 17.0 Å². The molecule has 0 amide bonds. The largest absolute Gasteiger partial charge is 0.710 e. The fourth-order valence-electron chi connectivity index (χ4n) is 3.04. The molecule has 1 fully saturated rings. The number of hydrogen-bond acceptors (Lipinski definition) is 5. The molecule has 9 heteroatoms. The lowest BCUT2D eigenvalue weighted by Gasteiger charge is -2.15. The number of nitrogens with zero attached hydrogens (tertiary/aromatic N) is 2. The summed E-state index contributed by atoms with van der Waals surface area (Å²) in [6.45, 7) is 3.86. The number of hydrogen-bond donors (Lipinski definition) is 2. The van der Waals surface area contributed by atoms with E-state index in [4.69, 9.17) is 4.74 Å². The number of anilines is 1. The molecule has 0 aromatic carbocycles. The van der Waals surface area contributed by atoms with E-state index in [2.05, 4.69) is 14.7 Å². The van der Waals surface area contributed by atoms with Gasteiger partial charge in [0, 0.05) is 11.1 Å². The SMILES string of the molecule is CCS(=O)(=O)Nc1cnc(OCC2CC2)c(-c2cc(C)[n+]([O-])c3[nH]ccc23)c1. The van der Waals surface area contributed by atoms with E-state index in [1.807, 2.05) is 6.07 Å². The standard InChI is InChI=1S/C19H22N4O4S/c1-3-28(25,26)22-14-9-17(19(21-10-14)27-11-13-4-5-13)16-8-12(2)23(24)18-15(16)6-7-20-18/h6-10,13,20,22H,3-5,11H2,1-2H3. The minimum Gasteiger partial charge on any atom is -0.710 e. The fraction of sp³-hybridized carbons (Fsp3) is 0.368. The van der Waals surface area contributed by atoms with Gasteiger partial charge in [-0.05, 0) is 50.8 Å². The number of ether oxygens (including phenoxy) is 1. The summed E-state index contributed by atoms with van der Waals surface area (Å²) in [6.07, 6.45) is 5.44. The highest BCUT2D eigenvalue weighted by molar-refractivity contribution is 7.92. The number of H-pyrrole nitrogens is 1. The van der Waals surface area contributed by atoms with Crippen LogP contribution in [0.2, 0.25) is 0 Å². The van der Waals surface area contributed by atoms with Crippen molar-refractivity contribution in [1.29, 1.82) is 0 Å². The van der Waals surface area contributed by atoms with E-state index >= 15 is 0 Å².